The van der Waals surface area contributed by atoms with E-state index in [4.69, 9.17) is 10.8 Å². The van der Waals surface area contributed by atoms with Crippen LogP contribution in [0.1, 0.15) is 43.0 Å². The van der Waals surface area contributed by atoms with Gasteiger partial charge in [0.2, 0.25) is 0 Å². The molecule has 0 saturated heterocycles. The third-order valence-electron chi connectivity index (χ3n) is 4.21. The van der Waals surface area contributed by atoms with Crippen molar-refractivity contribution in [2.75, 3.05) is 17.6 Å². The van der Waals surface area contributed by atoms with Crippen molar-refractivity contribution >= 4 is 17.3 Å². The van der Waals surface area contributed by atoms with Gasteiger partial charge in [0.25, 0.3) is 0 Å². The SMILES string of the molecule is CC1CCCCC1CNc1cc(C(=O)O)c(N)cc1F. The zero-order valence-corrected chi connectivity index (χ0v) is 11.7. The van der Waals surface area contributed by atoms with Gasteiger partial charge in [-0.15, -0.1) is 0 Å². The van der Waals surface area contributed by atoms with Crippen molar-refractivity contribution < 1.29 is 14.3 Å². The molecule has 1 fully saturated rings. The second-order valence-corrected chi connectivity index (χ2v) is 5.63. The molecule has 1 aromatic rings. The van der Waals surface area contributed by atoms with Crippen LogP contribution in [0.5, 0.6) is 0 Å². The zero-order valence-electron chi connectivity index (χ0n) is 11.7. The number of nitrogen functional groups attached to an aromatic ring is 1. The number of aromatic carboxylic acids is 1. The van der Waals surface area contributed by atoms with Gasteiger partial charge in [-0.2, -0.15) is 0 Å². The summed E-state index contributed by atoms with van der Waals surface area (Å²) in [6.45, 7) is 2.88. The predicted octanol–water partition coefficient (Wildman–Crippen LogP) is 3.34. The molecule has 0 aromatic heterocycles. The van der Waals surface area contributed by atoms with Crippen LogP contribution in [0.25, 0.3) is 0 Å². The molecule has 0 bridgehead atoms. The van der Waals surface area contributed by atoms with E-state index in [-0.39, 0.29) is 16.9 Å². The van der Waals surface area contributed by atoms with Gasteiger partial charge in [0.15, 0.2) is 0 Å². The number of halogens is 1. The number of anilines is 2. The fraction of sp³-hybridized carbons (Fsp3) is 0.533. The van der Waals surface area contributed by atoms with E-state index in [1.807, 2.05) is 0 Å². The van der Waals surface area contributed by atoms with Crippen molar-refractivity contribution in [1.82, 2.24) is 0 Å². The van der Waals surface area contributed by atoms with Crippen molar-refractivity contribution in [3.63, 3.8) is 0 Å². The minimum atomic E-state index is -1.14. The summed E-state index contributed by atoms with van der Waals surface area (Å²) in [5.41, 5.74) is 5.61. The Hall–Kier alpha value is -1.78. The van der Waals surface area contributed by atoms with Crippen LogP contribution < -0.4 is 11.1 Å². The Kier molecular flexibility index (Phi) is 4.47. The van der Waals surface area contributed by atoms with Gasteiger partial charge in [-0.1, -0.05) is 26.2 Å². The number of hydrogen-bond donors (Lipinski definition) is 3. The maximum atomic E-state index is 13.8. The Labute approximate surface area is 118 Å². The lowest BCUT2D eigenvalue weighted by atomic mass is 9.80. The van der Waals surface area contributed by atoms with Crippen LogP contribution in [-0.4, -0.2) is 17.6 Å². The summed E-state index contributed by atoms with van der Waals surface area (Å²) in [6, 6.07) is 2.34. The van der Waals surface area contributed by atoms with E-state index in [1.165, 1.54) is 25.3 Å². The van der Waals surface area contributed by atoms with Crippen LogP contribution in [0, 0.1) is 17.7 Å². The standard InChI is InChI=1S/C15H21FN2O2/c1-9-4-2-3-5-10(9)8-18-14-6-11(15(19)20)13(17)7-12(14)16/h6-7,9-10,18H,2-5,8,17H2,1H3,(H,19,20). The highest BCUT2D eigenvalue weighted by molar-refractivity contribution is 5.94. The number of carbonyl (C=O) groups is 1. The molecule has 2 unspecified atom stereocenters. The molecule has 0 amide bonds. The molecule has 2 atom stereocenters. The lowest BCUT2D eigenvalue weighted by molar-refractivity contribution is 0.0698. The number of nitrogens with one attached hydrogen (secondary N) is 1. The molecule has 4 nitrogen and oxygen atoms in total. The number of hydrogen-bond acceptors (Lipinski definition) is 3. The van der Waals surface area contributed by atoms with Crippen LogP contribution in [0.2, 0.25) is 0 Å². The van der Waals surface area contributed by atoms with Crippen LogP contribution in [0.3, 0.4) is 0 Å². The van der Waals surface area contributed by atoms with Gasteiger partial charge in [0, 0.05) is 12.2 Å². The topological polar surface area (TPSA) is 75.3 Å². The molecular weight excluding hydrogens is 259 g/mol. The summed E-state index contributed by atoms with van der Waals surface area (Å²) in [5, 5.41) is 12.1. The molecule has 0 radical (unpaired) electrons. The van der Waals surface area contributed by atoms with E-state index in [0.717, 1.165) is 12.5 Å². The third-order valence-corrected chi connectivity index (χ3v) is 4.21. The molecule has 5 heteroatoms. The molecule has 1 aliphatic carbocycles. The summed E-state index contributed by atoms with van der Waals surface area (Å²) < 4.78 is 13.8. The molecule has 1 aromatic carbocycles. The summed E-state index contributed by atoms with van der Waals surface area (Å²) in [4.78, 5) is 11.0. The molecule has 0 heterocycles. The Morgan fingerprint density at radius 2 is 2.15 bits per heavy atom. The highest BCUT2D eigenvalue weighted by atomic mass is 19.1. The first kappa shape index (κ1) is 14.6. The normalized spacial score (nSPS) is 22.5. The smallest absolute Gasteiger partial charge is 0.337 e. The minimum Gasteiger partial charge on any atom is -0.478 e. The van der Waals surface area contributed by atoms with E-state index in [1.54, 1.807) is 0 Å². The largest absolute Gasteiger partial charge is 0.478 e. The Bertz CT molecular complexity index is 505. The van der Waals surface area contributed by atoms with E-state index in [2.05, 4.69) is 12.2 Å². The maximum absolute atomic E-state index is 13.8. The summed E-state index contributed by atoms with van der Waals surface area (Å²) in [5.74, 6) is -0.520. The van der Waals surface area contributed by atoms with Gasteiger partial charge < -0.3 is 16.2 Å². The van der Waals surface area contributed by atoms with Gasteiger partial charge in [-0.3, -0.25) is 0 Å². The van der Waals surface area contributed by atoms with Gasteiger partial charge in [-0.25, -0.2) is 9.18 Å². The molecule has 0 aliphatic heterocycles. The lowest BCUT2D eigenvalue weighted by Crippen LogP contribution is -2.24. The Balaban J connectivity index is 2.09. The fourth-order valence-corrected chi connectivity index (χ4v) is 2.85. The number of nitrogens with two attached hydrogens (primary N) is 1. The number of carboxylic acid groups (broad SMARTS) is 1. The van der Waals surface area contributed by atoms with E-state index < -0.39 is 11.8 Å². The molecule has 4 N–H and O–H groups in total. The summed E-state index contributed by atoms with van der Waals surface area (Å²) >= 11 is 0. The molecule has 0 spiro atoms. The van der Waals surface area contributed by atoms with E-state index >= 15 is 0 Å². The van der Waals surface area contributed by atoms with Crippen molar-refractivity contribution in [2.45, 2.75) is 32.6 Å². The average molecular weight is 280 g/mol. The Morgan fingerprint density at radius 3 is 2.80 bits per heavy atom. The van der Waals surface area contributed by atoms with Crippen LogP contribution >= 0.6 is 0 Å². The number of rotatable bonds is 4. The lowest BCUT2D eigenvalue weighted by Gasteiger charge is -2.29. The number of carboxylic acids is 1. The maximum Gasteiger partial charge on any atom is 0.337 e. The van der Waals surface area contributed by atoms with Crippen LogP contribution in [-0.2, 0) is 0 Å². The highest BCUT2D eigenvalue weighted by Gasteiger charge is 2.21. The van der Waals surface area contributed by atoms with Gasteiger partial charge in [0.05, 0.1) is 11.3 Å². The predicted molar refractivity (Wildman–Crippen MR) is 77.4 cm³/mol. The van der Waals surface area contributed by atoms with Gasteiger partial charge in [-0.05, 0) is 30.4 Å². The second-order valence-electron chi connectivity index (χ2n) is 5.63. The molecular formula is C15H21FN2O2. The quantitative estimate of drug-likeness (QED) is 0.739. The van der Waals surface area contributed by atoms with Crippen LogP contribution in [0.15, 0.2) is 12.1 Å². The molecule has 110 valence electrons. The Morgan fingerprint density at radius 1 is 1.45 bits per heavy atom. The molecule has 20 heavy (non-hydrogen) atoms. The average Bonchev–Trinajstić information content (AvgIpc) is 2.39. The summed E-state index contributed by atoms with van der Waals surface area (Å²) in [7, 11) is 0. The van der Waals surface area contributed by atoms with Crippen molar-refractivity contribution in [2.24, 2.45) is 11.8 Å². The molecule has 1 saturated carbocycles. The van der Waals surface area contributed by atoms with Crippen molar-refractivity contribution in [3.05, 3.63) is 23.5 Å². The van der Waals surface area contributed by atoms with Crippen molar-refractivity contribution in [3.8, 4) is 0 Å². The molecule has 1 aliphatic rings. The van der Waals surface area contributed by atoms with Gasteiger partial charge in [0.1, 0.15) is 5.82 Å². The molecule has 2 rings (SSSR count). The van der Waals surface area contributed by atoms with Gasteiger partial charge >= 0.3 is 5.97 Å². The zero-order chi connectivity index (χ0) is 14.7. The monoisotopic (exact) mass is 280 g/mol. The first-order valence-corrected chi connectivity index (χ1v) is 7.05. The second kappa shape index (κ2) is 6.11. The fourth-order valence-electron chi connectivity index (χ4n) is 2.85. The third kappa shape index (κ3) is 3.21. The first-order chi connectivity index (χ1) is 9.49. The van der Waals surface area contributed by atoms with E-state index in [0.29, 0.717) is 18.4 Å². The highest BCUT2D eigenvalue weighted by Crippen LogP contribution is 2.30. The van der Waals surface area contributed by atoms with Crippen LogP contribution in [0.4, 0.5) is 15.8 Å². The van der Waals surface area contributed by atoms with E-state index in [9.17, 15) is 9.18 Å². The van der Waals surface area contributed by atoms with Crippen molar-refractivity contribution in [1.29, 1.82) is 0 Å². The number of benzene rings is 1. The minimum absolute atomic E-state index is 0.0495. The summed E-state index contributed by atoms with van der Waals surface area (Å²) in [6.07, 6.45) is 4.81. The first-order valence-electron chi connectivity index (χ1n) is 7.05.